The highest BCUT2D eigenvalue weighted by atomic mass is 16.9. The number of nitrogens with two attached hydrogens (primary N) is 1. The van der Waals surface area contributed by atoms with E-state index in [1.807, 2.05) is 11.4 Å². The molecule has 0 atom stereocenters. The van der Waals surface area contributed by atoms with Crippen LogP contribution in [0.2, 0.25) is 0 Å². The molecule has 1 aromatic rings. The van der Waals surface area contributed by atoms with Gasteiger partial charge in [-0.15, -0.1) is 0 Å². The van der Waals surface area contributed by atoms with Crippen molar-refractivity contribution >= 4 is 17.7 Å². The first-order chi connectivity index (χ1) is 6.61. The minimum Gasteiger partial charge on any atom is -0.505 e. The molecule has 1 aliphatic heterocycles. The monoisotopic (exact) mass is 197 g/mol. The average Bonchev–Trinajstić information content (AvgIpc) is 2.52. The number of nitrogens with zero attached hydrogens (tertiary/aromatic N) is 2. The van der Waals surface area contributed by atoms with Crippen molar-refractivity contribution < 1.29 is 15.5 Å². The summed E-state index contributed by atoms with van der Waals surface area (Å²) in [6.07, 6.45) is 1.68. The Morgan fingerprint density at radius 2 is 2.07 bits per heavy atom. The van der Waals surface area contributed by atoms with E-state index in [4.69, 9.17) is 15.3 Å². The molecule has 0 aliphatic carbocycles. The Morgan fingerprint density at radius 3 is 2.64 bits per heavy atom. The molecule has 0 saturated carbocycles. The normalized spacial score (nSPS) is 11.4. The van der Waals surface area contributed by atoms with Crippen LogP contribution >= 0.6 is 0 Å². The summed E-state index contributed by atoms with van der Waals surface area (Å²) in [6.45, 7) is 0. The maximum atomic E-state index is 9.20. The minimum absolute atomic E-state index is 0.252. The molecule has 2 rings (SSSR count). The van der Waals surface area contributed by atoms with Crippen LogP contribution < -0.4 is 5.32 Å². The van der Waals surface area contributed by atoms with Crippen LogP contribution in [0.1, 0.15) is 0 Å². The topological polar surface area (TPSA) is 115 Å². The van der Waals surface area contributed by atoms with Gasteiger partial charge in [-0.3, -0.25) is 5.32 Å². The van der Waals surface area contributed by atoms with Gasteiger partial charge in [-0.05, 0) is 6.07 Å². The van der Waals surface area contributed by atoms with Gasteiger partial charge in [0.25, 0.3) is 0 Å². The van der Waals surface area contributed by atoms with Crippen LogP contribution in [0.15, 0.2) is 23.2 Å². The van der Waals surface area contributed by atoms with Gasteiger partial charge in [0, 0.05) is 6.07 Å². The van der Waals surface area contributed by atoms with Gasteiger partial charge in [0.15, 0.2) is 17.7 Å². The maximum Gasteiger partial charge on any atom is 0.192 e. The number of hydrogen-bond acceptors (Lipinski definition) is 5. The molecule has 0 fully saturated rings. The van der Waals surface area contributed by atoms with E-state index in [2.05, 4.69) is 4.99 Å². The molecule has 0 unspecified atom stereocenters. The number of aliphatic imine (C=N–C) groups is 1. The smallest absolute Gasteiger partial charge is 0.192 e. The van der Waals surface area contributed by atoms with Crippen molar-refractivity contribution in [1.82, 2.24) is 0 Å². The quantitative estimate of drug-likeness (QED) is 0.346. The highest BCUT2D eigenvalue weighted by Crippen LogP contribution is 2.32. The summed E-state index contributed by atoms with van der Waals surface area (Å²) in [5.74, 6) is 0.252. The Labute approximate surface area is 78.4 Å². The lowest BCUT2D eigenvalue weighted by molar-refractivity contribution is -0.427. The second-order valence-corrected chi connectivity index (χ2v) is 2.38. The molecule has 1 heterocycles. The molecule has 7 heteroatoms. The number of fused-ring (bicyclic) bond motifs is 1. The number of para-hydroxylation sites is 1. The molecular formula is C7H7N3O4. The van der Waals surface area contributed by atoms with E-state index in [-0.39, 0.29) is 5.75 Å². The summed E-state index contributed by atoms with van der Waals surface area (Å²) in [7, 11) is 0. The molecule has 0 spiro atoms. The van der Waals surface area contributed by atoms with Gasteiger partial charge < -0.3 is 20.4 Å². The summed E-state index contributed by atoms with van der Waals surface area (Å²) in [5, 5.41) is 25.8. The molecule has 7 nitrogen and oxygen atoms in total. The highest BCUT2D eigenvalue weighted by molar-refractivity contribution is 5.75. The largest absolute Gasteiger partial charge is 0.505 e. The van der Waals surface area contributed by atoms with E-state index in [9.17, 15) is 5.11 Å². The minimum atomic E-state index is -1.75. The third-order valence-electron chi connectivity index (χ3n) is 1.50. The highest BCUT2D eigenvalue weighted by Gasteiger charge is 2.13. The van der Waals surface area contributed by atoms with E-state index in [1.165, 1.54) is 0 Å². The van der Waals surface area contributed by atoms with E-state index < -0.39 is 5.09 Å². The van der Waals surface area contributed by atoms with Gasteiger partial charge in [0.05, 0.1) is 5.09 Å². The van der Waals surface area contributed by atoms with Crippen LogP contribution in [-0.2, 0) is 0 Å². The van der Waals surface area contributed by atoms with Gasteiger partial charge >= 0.3 is 0 Å². The van der Waals surface area contributed by atoms with Crippen LogP contribution in [0.5, 0.6) is 5.75 Å². The van der Waals surface area contributed by atoms with Crippen molar-refractivity contribution in [2.45, 2.75) is 0 Å². The van der Waals surface area contributed by atoms with Crippen molar-refractivity contribution in [3.05, 3.63) is 33.5 Å². The van der Waals surface area contributed by atoms with Crippen molar-refractivity contribution in [2.75, 3.05) is 0 Å². The molecule has 74 valence electrons. The standard InChI is InChI=1S/C7H6N2O.NO3/c10-6-3-1-2-5-7(6)9-4-8-5;2-1(3)4/h1-4,10H,(H,8,9);/q;-1/p+1. The molecule has 1 aromatic carbocycles. The van der Waals surface area contributed by atoms with Crippen LogP contribution in [0.4, 0.5) is 11.4 Å². The van der Waals surface area contributed by atoms with Crippen LogP contribution in [-0.4, -0.2) is 16.5 Å². The van der Waals surface area contributed by atoms with Crippen molar-refractivity contribution in [3.63, 3.8) is 0 Å². The lowest BCUT2D eigenvalue weighted by Gasteiger charge is -1.93. The van der Waals surface area contributed by atoms with Crippen LogP contribution in [0, 0.1) is 15.3 Å². The molecule has 0 aromatic heterocycles. The van der Waals surface area contributed by atoms with E-state index in [1.54, 1.807) is 18.5 Å². The van der Waals surface area contributed by atoms with E-state index >= 15 is 0 Å². The predicted molar refractivity (Wildman–Crippen MR) is 48.2 cm³/mol. The van der Waals surface area contributed by atoms with Gasteiger partial charge in [-0.25, -0.2) is 0 Å². The fraction of sp³-hybridized carbons (Fsp3) is 0. The van der Waals surface area contributed by atoms with Gasteiger partial charge in [-0.1, -0.05) is 6.07 Å². The Bertz CT molecular complexity index is 373. The number of phenols is 1. The first-order valence-electron chi connectivity index (χ1n) is 3.62. The molecule has 0 bridgehead atoms. The van der Waals surface area contributed by atoms with Gasteiger partial charge in [0.2, 0.25) is 0 Å². The molecule has 0 saturated heterocycles. The van der Waals surface area contributed by atoms with Gasteiger partial charge in [-0.2, -0.15) is 4.99 Å². The maximum absolute atomic E-state index is 9.20. The van der Waals surface area contributed by atoms with Crippen molar-refractivity contribution in [2.24, 2.45) is 4.99 Å². The summed E-state index contributed by atoms with van der Waals surface area (Å²) in [6, 6.07) is 5.36. The van der Waals surface area contributed by atoms with Crippen LogP contribution in [0.25, 0.3) is 0 Å². The molecule has 1 aliphatic rings. The van der Waals surface area contributed by atoms with Crippen molar-refractivity contribution in [3.8, 4) is 5.75 Å². The average molecular weight is 197 g/mol. The summed E-state index contributed by atoms with van der Waals surface area (Å²) >= 11 is 0. The zero-order chi connectivity index (χ0) is 10.6. The molecule has 0 radical (unpaired) electrons. The van der Waals surface area contributed by atoms with E-state index in [0.29, 0.717) is 5.69 Å². The first kappa shape index (κ1) is 9.93. The third-order valence-corrected chi connectivity index (χ3v) is 1.50. The zero-order valence-electron chi connectivity index (χ0n) is 6.95. The molecular weight excluding hydrogens is 190 g/mol. The lowest BCUT2D eigenvalue weighted by atomic mass is 10.2. The molecule has 14 heavy (non-hydrogen) atoms. The Hall–Kier alpha value is -2.15. The number of aromatic hydroxyl groups is 1. The second-order valence-electron chi connectivity index (χ2n) is 2.38. The fourth-order valence-corrected chi connectivity index (χ4v) is 1.02. The number of benzene rings is 1. The third kappa shape index (κ3) is 2.42. The number of hydrogen-bond donors (Lipinski definition) is 2. The molecule has 3 N–H and O–H groups in total. The Balaban J connectivity index is 0.000000213. The Morgan fingerprint density at radius 1 is 1.43 bits per heavy atom. The fourth-order valence-electron chi connectivity index (χ4n) is 1.02. The zero-order valence-corrected chi connectivity index (χ0v) is 6.95. The van der Waals surface area contributed by atoms with Gasteiger partial charge in [0.1, 0.15) is 5.75 Å². The number of rotatable bonds is 0. The number of phenolic OH excluding ortho intramolecular Hbond substituents is 1. The van der Waals surface area contributed by atoms with E-state index in [0.717, 1.165) is 5.69 Å². The summed E-state index contributed by atoms with van der Waals surface area (Å²) in [5.41, 5.74) is 1.67. The SMILES string of the molecule is O=[N+]([O-])[O-].Oc1cccc2c1N=C[NH2+]2. The van der Waals surface area contributed by atoms with Crippen molar-refractivity contribution in [1.29, 1.82) is 0 Å². The summed E-state index contributed by atoms with van der Waals surface area (Å²) in [4.78, 5) is 12.2. The second kappa shape index (κ2) is 4.19. The van der Waals surface area contributed by atoms with Crippen LogP contribution in [0.3, 0.4) is 0 Å². The molecule has 0 amide bonds. The predicted octanol–water partition coefficient (Wildman–Crippen LogP) is 0.0214. The summed E-state index contributed by atoms with van der Waals surface area (Å²) < 4.78 is 0. The Kier molecular flexibility index (Phi) is 2.97. The number of quaternary nitrogens is 1. The first-order valence-corrected chi connectivity index (χ1v) is 3.62. The lowest BCUT2D eigenvalue weighted by Crippen LogP contribution is -2.74.